The molecule has 2 nitrogen and oxygen atoms in total. The first kappa shape index (κ1) is 11.4. The number of furan rings is 1. The van der Waals surface area contributed by atoms with Crippen molar-refractivity contribution in [1.82, 2.24) is 5.32 Å². The molecule has 3 rings (SSSR count). The van der Waals surface area contributed by atoms with Gasteiger partial charge in [-0.15, -0.1) is 0 Å². The number of hydrogen-bond acceptors (Lipinski definition) is 2. The third-order valence-corrected chi connectivity index (χ3v) is 3.87. The van der Waals surface area contributed by atoms with Crippen LogP contribution in [0.15, 0.2) is 22.8 Å². The van der Waals surface area contributed by atoms with Gasteiger partial charge in [-0.1, -0.05) is 23.2 Å². The van der Waals surface area contributed by atoms with Gasteiger partial charge < -0.3 is 9.73 Å². The van der Waals surface area contributed by atoms with Gasteiger partial charge in [-0.05, 0) is 38.1 Å². The molecule has 4 heteroatoms. The van der Waals surface area contributed by atoms with Crippen molar-refractivity contribution in [3.63, 3.8) is 0 Å². The summed E-state index contributed by atoms with van der Waals surface area (Å²) in [5.41, 5.74) is 0. The molecule has 1 aliphatic heterocycles. The van der Waals surface area contributed by atoms with Crippen molar-refractivity contribution < 1.29 is 4.42 Å². The maximum absolute atomic E-state index is 6.27. The maximum atomic E-state index is 6.27. The van der Waals surface area contributed by atoms with Gasteiger partial charge in [0.15, 0.2) is 0 Å². The van der Waals surface area contributed by atoms with Gasteiger partial charge in [0.1, 0.15) is 5.76 Å². The molecule has 0 atom stereocenters. The number of piperidine rings is 1. The highest BCUT2D eigenvalue weighted by Gasteiger charge is 2.22. The average molecular weight is 270 g/mol. The second-order valence-electron chi connectivity index (χ2n) is 4.48. The summed E-state index contributed by atoms with van der Waals surface area (Å²) in [6, 6.07) is 3.68. The quantitative estimate of drug-likeness (QED) is 0.839. The zero-order chi connectivity index (χ0) is 11.8. The molecule has 0 saturated carbocycles. The minimum Gasteiger partial charge on any atom is -0.468 e. The second-order valence-corrected chi connectivity index (χ2v) is 5.32. The SMILES string of the molecule is Clc1cc(Cl)c2c(C3CCNCC3)occ2c1. The van der Waals surface area contributed by atoms with Gasteiger partial charge >= 0.3 is 0 Å². The van der Waals surface area contributed by atoms with E-state index in [2.05, 4.69) is 5.32 Å². The Hall–Kier alpha value is -0.700. The molecule has 90 valence electrons. The molecule has 1 fully saturated rings. The smallest absolute Gasteiger partial charge is 0.116 e. The van der Waals surface area contributed by atoms with E-state index in [1.165, 1.54) is 0 Å². The predicted octanol–water partition coefficient (Wildman–Crippen LogP) is 4.21. The minimum absolute atomic E-state index is 0.465. The number of fused-ring (bicyclic) bond motifs is 1. The van der Waals surface area contributed by atoms with Gasteiger partial charge in [-0.2, -0.15) is 0 Å². The molecule has 1 aromatic heterocycles. The van der Waals surface area contributed by atoms with Crippen LogP contribution < -0.4 is 5.32 Å². The standard InChI is InChI=1S/C13H13Cl2NO/c14-10-5-9-7-17-13(12(9)11(15)6-10)8-1-3-16-4-2-8/h5-8,16H,1-4H2. The summed E-state index contributed by atoms with van der Waals surface area (Å²) >= 11 is 12.3. The second kappa shape index (κ2) is 4.52. The van der Waals surface area contributed by atoms with Crippen molar-refractivity contribution >= 4 is 34.0 Å². The molecule has 0 bridgehead atoms. The summed E-state index contributed by atoms with van der Waals surface area (Å²) < 4.78 is 5.72. The van der Waals surface area contributed by atoms with E-state index in [1.54, 1.807) is 12.3 Å². The van der Waals surface area contributed by atoms with Crippen molar-refractivity contribution in [2.45, 2.75) is 18.8 Å². The Balaban J connectivity index is 2.10. The average Bonchev–Trinajstić information content (AvgIpc) is 2.74. The van der Waals surface area contributed by atoms with Gasteiger partial charge in [-0.3, -0.25) is 0 Å². The van der Waals surface area contributed by atoms with E-state index >= 15 is 0 Å². The molecule has 0 amide bonds. The maximum Gasteiger partial charge on any atom is 0.116 e. The first-order chi connectivity index (χ1) is 8.25. The molecule has 17 heavy (non-hydrogen) atoms. The Kier molecular flexibility index (Phi) is 3.03. The molecule has 1 N–H and O–H groups in total. The monoisotopic (exact) mass is 269 g/mol. The van der Waals surface area contributed by atoms with Crippen molar-refractivity contribution in [2.75, 3.05) is 13.1 Å². The van der Waals surface area contributed by atoms with Gasteiger partial charge in [0.05, 0.1) is 11.3 Å². The lowest BCUT2D eigenvalue weighted by molar-refractivity contribution is 0.389. The molecule has 2 heterocycles. The van der Waals surface area contributed by atoms with Crippen LogP contribution in [0.1, 0.15) is 24.5 Å². The van der Waals surface area contributed by atoms with Crippen LogP contribution >= 0.6 is 23.2 Å². The minimum atomic E-state index is 0.465. The Morgan fingerprint density at radius 1 is 1.18 bits per heavy atom. The summed E-state index contributed by atoms with van der Waals surface area (Å²) in [4.78, 5) is 0. The zero-order valence-electron chi connectivity index (χ0n) is 9.30. The van der Waals surface area contributed by atoms with Crippen LogP contribution in [0.3, 0.4) is 0 Å². The van der Waals surface area contributed by atoms with Crippen LogP contribution in [0.4, 0.5) is 0 Å². The number of halogens is 2. The Bertz CT molecular complexity index is 544. The van der Waals surface area contributed by atoms with Crippen molar-refractivity contribution in [1.29, 1.82) is 0 Å². The number of nitrogens with one attached hydrogen (secondary N) is 1. The lowest BCUT2D eigenvalue weighted by Gasteiger charge is -2.21. The van der Waals surface area contributed by atoms with Crippen LogP contribution in [0.2, 0.25) is 10.0 Å². The number of hydrogen-bond donors (Lipinski definition) is 1. The third-order valence-electron chi connectivity index (χ3n) is 3.35. The van der Waals surface area contributed by atoms with Crippen molar-refractivity contribution in [3.8, 4) is 0 Å². The normalized spacial score (nSPS) is 17.8. The van der Waals surface area contributed by atoms with E-state index < -0.39 is 0 Å². The summed E-state index contributed by atoms with van der Waals surface area (Å²) in [5.74, 6) is 1.48. The van der Waals surface area contributed by atoms with E-state index in [9.17, 15) is 0 Å². The van der Waals surface area contributed by atoms with E-state index in [-0.39, 0.29) is 0 Å². The predicted molar refractivity (Wildman–Crippen MR) is 71.1 cm³/mol. The fraction of sp³-hybridized carbons (Fsp3) is 0.385. The van der Waals surface area contributed by atoms with Gasteiger partial charge in [0.2, 0.25) is 0 Å². The summed E-state index contributed by atoms with van der Waals surface area (Å²) in [7, 11) is 0. The first-order valence-electron chi connectivity index (χ1n) is 5.82. The van der Waals surface area contributed by atoms with E-state index in [0.29, 0.717) is 16.0 Å². The topological polar surface area (TPSA) is 25.2 Å². The van der Waals surface area contributed by atoms with E-state index in [1.807, 2.05) is 6.07 Å². The first-order valence-corrected chi connectivity index (χ1v) is 6.58. The number of rotatable bonds is 1. The molecule has 2 aromatic rings. The molecule has 1 aromatic carbocycles. The third kappa shape index (κ3) is 2.05. The lowest BCUT2D eigenvalue weighted by atomic mass is 9.93. The molecule has 0 unspecified atom stereocenters. The lowest BCUT2D eigenvalue weighted by Crippen LogP contribution is -2.26. The summed E-state index contributed by atoms with van der Waals surface area (Å²) in [6.45, 7) is 2.08. The van der Waals surface area contributed by atoms with Crippen LogP contribution in [0.25, 0.3) is 10.8 Å². The molecule has 0 aliphatic carbocycles. The van der Waals surface area contributed by atoms with Gasteiger partial charge in [0.25, 0.3) is 0 Å². The van der Waals surface area contributed by atoms with Gasteiger partial charge in [-0.25, -0.2) is 0 Å². The number of benzene rings is 1. The van der Waals surface area contributed by atoms with Crippen LogP contribution in [0.5, 0.6) is 0 Å². The fourth-order valence-electron chi connectivity index (χ4n) is 2.52. The molecular weight excluding hydrogens is 257 g/mol. The van der Waals surface area contributed by atoms with Crippen LogP contribution in [-0.2, 0) is 0 Å². The molecule has 0 spiro atoms. The molecular formula is C13H13Cl2NO. The largest absolute Gasteiger partial charge is 0.468 e. The summed E-state index contributed by atoms with van der Waals surface area (Å²) in [5, 5.41) is 6.72. The molecule has 1 aliphatic rings. The van der Waals surface area contributed by atoms with E-state index in [0.717, 1.165) is 42.5 Å². The molecule has 1 saturated heterocycles. The van der Waals surface area contributed by atoms with Crippen molar-refractivity contribution in [2.24, 2.45) is 0 Å². The van der Waals surface area contributed by atoms with Crippen molar-refractivity contribution in [3.05, 3.63) is 34.2 Å². The van der Waals surface area contributed by atoms with E-state index in [4.69, 9.17) is 27.6 Å². The molecule has 0 radical (unpaired) electrons. The summed E-state index contributed by atoms with van der Waals surface area (Å²) in [6.07, 6.45) is 3.95. The Morgan fingerprint density at radius 2 is 1.94 bits per heavy atom. The highest BCUT2D eigenvalue weighted by molar-refractivity contribution is 6.38. The Labute approximate surface area is 110 Å². The highest BCUT2D eigenvalue weighted by Crippen LogP contribution is 2.38. The zero-order valence-corrected chi connectivity index (χ0v) is 10.8. The Morgan fingerprint density at radius 3 is 2.71 bits per heavy atom. The van der Waals surface area contributed by atoms with Gasteiger partial charge in [0, 0.05) is 21.7 Å². The fourth-order valence-corrected chi connectivity index (χ4v) is 3.12. The van der Waals surface area contributed by atoms with Crippen LogP contribution in [-0.4, -0.2) is 13.1 Å². The highest BCUT2D eigenvalue weighted by atomic mass is 35.5. The van der Waals surface area contributed by atoms with Crippen LogP contribution in [0, 0.1) is 0 Å².